The van der Waals surface area contributed by atoms with E-state index in [-0.39, 0.29) is 0 Å². The molecule has 2 rings (SSSR count). The van der Waals surface area contributed by atoms with Crippen LogP contribution in [0.25, 0.3) is 0 Å². The van der Waals surface area contributed by atoms with Gasteiger partial charge in [0.05, 0.1) is 17.7 Å². The molecule has 2 aromatic carbocycles. The van der Waals surface area contributed by atoms with Gasteiger partial charge >= 0.3 is 5.97 Å². The van der Waals surface area contributed by atoms with Gasteiger partial charge in [-0.15, -0.1) is 0 Å². The monoisotopic (exact) mass is 354 g/mol. The number of hydrogen-bond donors (Lipinski definition) is 0. The maximum Gasteiger partial charge on any atom is 0.337 e. The van der Waals surface area contributed by atoms with Gasteiger partial charge in [-0.3, -0.25) is 0 Å². The first kappa shape index (κ1) is 14.9. The average Bonchev–Trinajstić information content (AvgIpc) is 2.46. The second-order valence-corrected chi connectivity index (χ2v) is 5.37. The molecule has 20 heavy (non-hydrogen) atoms. The Morgan fingerprint density at radius 1 is 1.20 bits per heavy atom. The molecule has 0 bridgehead atoms. The van der Waals surface area contributed by atoms with Crippen LogP contribution in [0.1, 0.15) is 15.9 Å². The van der Waals surface area contributed by atoms with Crippen LogP contribution in [0, 0.1) is 0 Å². The van der Waals surface area contributed by atoms with Crippen LogP contribution in [0.15, 0.2) is 46.9 Å². The molecule has 0 saturated carbocycles. The SMILES string of the molecule is COC(=O)c1ccc(OCc2ccc(Br)cc2)c(Cl)c1. The molecule has 0 radical (unpaired) electrons. The second-order valence-electron chi connectivity index (χ2n) is 4.05. The summed E-state index contributed by atoms with van der Waals surface area (Å²) in [5, 5.41) is 0.380. The van der Waals surface area contributed by atoms with Gasteiger partial charge in [-0.25, -0.2) is 4.79 Å². The van der Waals surface area contributed by atoms with Gasteiger partial charge in [-0.05, 0) is 35.9 Å². The van der Waals surface area contributed by atoms with Crippen molar-refractivity contribution in [2.24, 2.45) is 0 Å². The smallest absolute Gasteiger partial charge is 0.337 e. The second kappa shape index (κ2) is 6.77. The summed E-state index contributed by atoms with van der Waals surface area (Å²) in [5.41, 5.74) is 1.43. The Balaban J connectivity index is 2.06. The van der Waals surface area contributed by atoms with E-state index in [9.17, 15) is 4.79 Å². The van der Waals surface area contributed by atoms with Crippen molar-refractivity contribution >= 4 is 33.5 Å². The molecule has 0 aliphatic rings. The number of halogens is 2. The summed E-state index contributed by atoms with van der Waals surface area (Å²) in [6.45, 7) is 0.407. The van der Waals surface area contributed by atoms with Crippen molar-refractivity contribution in [1.82, 2.24) is 0 Å². The molecule has 104 valence electrons. The first-order valence-corrected chi connectivity index (χ1v) is 7.02. The lowest BCUT2D eigenvalue weighted by molar-refractivity contribution is 0.0600. The van der Waals surface area contributed by atoms with Crippen LogP contribution in [-0.2, 0) is 11.3 Å². The minimum absolute atomic E-state index is 0.380. The molecule has 2 aromatic rings. The van der Waals surface area contributed by atoms with Gasteiger partial charge in [0.15, 0.2) is 0 Å². The zero-order valence-corrected chi connectivity index (χ0v) is 13.1. The number of carbonyl (C=O) groups is 1. The predicted molar refractivity (Wildman–Crippen MR) is 81.3 cm³/mol. The van der Waals surface area contributed by atoms with Gasteiger partial charge in [0.25, 0.3) is 0 Å². The first-order chi connectivity index (χ1) is 9.60. The van der Waals surface area contributed by atoms with Gasteiger partial charge < -0.3 is 9.47 Å². The maximum absolute atomic E-state index is 11.4. The first-order valence-electron chi connectivity index (χ1n) is 5.85. The zero-order chi connectivity index (χ0) is 14.5. The van der Waals surface area contributed by atoms with Crippen molar-refractivity contribution in [3.63, 3.8) is 0 Å². The molecule has 0 N–H and O–H groups in total. The average molecular weight is 356 g/mol. The highest BCUT2D eigenvalue weighted by Crippen LogP contribution is 2.26. The van der Waals surface area contributed by atoms with Gasteiger partial charge in [0.1, 0.15) is 12.4 Å². The summed E-state index contributed by atoms with van der Waals surface area (Å²) in [7, 11) is 1.33. The number of benzene rings is 2. The molecule has 0 aromatic heterocycles. The number of rotatable bonds is 4. The Morgan fingerprint density at radius 2 is 1.90 bits per heavy atom. The highest BCUT2D eigenvalue weighted by molar-refractivity contribution is 9.10. The molecule has 0 aliphatic heterocycles. The lowest BCUT2D eigenvalue weighted by Gasteiger charge is -2.09. The Kier molecular flexibility index (Phi) is 5.04. The highest BCUT2D eigenvalue weighted by Gasteiger charge is 2.09. The predicted octanol–water partition coefficient (Wildman–Crippen LogP) is 4.47. The van der Waals surface area contributed by atoms with Crippen molar-refractivity contribution in [3.05, 3.63) is 63.1 Å². The summed E-state index contributed by atoms with van der Waals surface area (Å²) in [5.74, 6) is 0.105. The van der Waals surface area contributed by atoms with E-state index in [1.165, 1.54) is 13.2 Å². The van der Waals surface area contributed by atoms with Crippen molar-refractivity contribution in [1.29, 1.82) is 0 Å². The van der Waals surface area contributed by atoms with Crippen LogP contribution in [0.3, 0.4) is 0 Å². The van der Waals surface area contributed by atoms with E-state index in [4.69, 9.17) is 16.3 Å². The zero-order valence-electron chi connectivity index (χ0n) is 10.7. The van der Waals surface area contributed by atoms with E-state index < -0.39 is 5.97 Å². The number of methoxy groups -OCH3 is 1. The molecule has 0 aliphatic carbocycles. The van der Waals surface area contributed by atoms with E-state index in [1.807, 2.05) is 24.3 Å². The Hall–Kier alpha value is -1.52. The molecule has 0 heterocycles. The molecular formula is C15H12BrClO3. The molecule has 0 amide bonds. The number of hydrogen-bond acceptors (Lipinski definition) is 3. The molecule has 0 saturated heterocycles. The quantitative estimate of drug-likeness (QED) is 0.759. The van der Waals surface area contributed by atoms with Crippen LogP contribution in [-0.4, -0.2) is 13.1 Å². The molecule has 0 spiro atoms. The Morgan fingerprint density at radius 3 is 2.50 bits per heavy atom. The standard InChI is InChI=1S/C15H12BrClO3/c1-19-15(18)11-4-7-14(13(17)8-11)20-9-10-2-5-12(16)6-3-10/h2-8H,9H2,1H3. The third-order valence-corrected chi connectivity index (χ3v) is 3.48. The fraction of sp³-hybridized carbons (Fsp3) is 0.133. The molecule has 0 fully saturated rings. The number of esters is 1. The summed E-state index contributed by atoms with van der Waals surface area (Å²) >= 11 is 9.46. The van der Waals surface area contributed by atoms with E-state index in [0.717, 1.165) is 10.0 Å². The summed E-state index contributed by atoms with van der Waals surface area (Å²) in [4.78, 5) is 11.4. The normalized spacial score (nSPS) is 10.2. The molecule has 5 heteroatoms. The van der Waals surface area contributed by atoms with Crippen molar-refractivity contribution in [3.8, 4) is 5.75 Å². The van der Waals surface area contributed by atoms with E-state index in [2.05, 4.69) is 20.7 Å². The van der Waals surface area contributed by atoms with Gasteiger partial charge in [0.2, 0.25) is 0 Å². The molecule has 3 nitrogen and oxygen atoms in total. The van der Waals surface area contributed by atoms with E-state index in [0.29, 0.717) is 22.9 Å². The van der Waals surface area contributed by atoms with E-state index in [1.54, 1.807) is 12.1 Å². The van der Waals surface area contributed by atoms with Crippen molar-refractivity contribution < 1.29 is 14.3 Å². The molecular weight excluding hydrogens is 344 g/mol. The van der Waals surface area contributed by atoms with Crippen LogP contribution >= 0.6 is 27.5 Å². The number of ether oxygens (including phenoxy) is 2. The van der Waals surface area contributed by atoms with Gasteiger partial charge in [-0.1, -0.05) is 39.7 Å². The maximum atomic E-state index is 11.4. The summed E-state index contributed by atoms with van der Waals surface area (Å²) in [6.07, 6.45) is 0. The third-order valence-electron chi connectivity index (χ3n) is 2.66. The highest BCUT2D eigenvalue weighted by atomic mass is 79.9. The fourth-order valence-electron chi connectivity index (χ4n) is 1.60. The van der Waals surface area contributed by atoms with Gasteiger partial charge in [0, 0.05) is 4.47 Å². The van der Waals surface area contributed by atoms with E-state index >= 15 is 0 Å². The largest absolute Gasteiger partial charge is 0.487 e. The fourth-order valence-corrected chi connectivity index (χ4v) is 2.10. The minimum Gasteiger partial charge on any atom is -0.487 e. The summed E-state index contributed by atoms with van der Waals surface area (Å²) < 4.78 is 11.3. The van der Waals surface area contributed by atoms with Crippen LogP contribution in [0.2, 0.25) is 5.02 Å². The lowest BCUT2D eigenvalue weighted by atomic mass is 10.2. The van der Waals surface area contributed by atoms with Crippen LogP contribution < -0.4 is 4.74 Å². The molecule has 0 atom stereocenters. The minimum atomic E-state index is -0.425. The Labute approximate surface area is 130 Å². The van der Waals surface area contributed by atoms with Gasteiger partial charge in [-0.2, -0.15) is 0 Å². The van der Waals surface area contributed by atoms with Crippen LogP contribution in [0.4, 0.5) is 0 Å². The molecule has 0 unspecified atom stereocenters. The number of carbonyl (C=O) groups excluding carboxylic acids is 1. The van der Waals surface area contributed by atoms with Crippen LogP contribution in [0.5, 0.6) is 5.75 Å². The lowest BCUT2D eigenvalue weighted by Crippen LogP contribution is -2.02. The summed E-state index contributed by atoms with van der Waals surface area (Å²) in [6, 6.07) is 12.6. The van der Waals surface area contributed by atoms with Crippen molar-refractivity contribution in [2.45, 2.75) is 6.61 Å². The third kappa shape index (κ3) is 3.74. The Bertz CT molecular complexity index is 611. The topological polar surface area (TPSA) is 35.5 Å². The van der Waals surface area contributed by atoms with Crippen molar-refractivity contribution in [2.75, 3.05) is 7.11 Å².